The molecular weight excluding hydrogens is 316 g/mol. The fraction of sp³-hybridized carbons (Fsp3) is 0.273. The third-order valence-corrected chi connectivity index (χ3v) is 3.10. The summed E-state index contributed by atoms with van der Waals surface area (Å²) in [5, 5.41) is 19.3. The van der Waals surface area contributed by atoms with Gasteiger partial charge in [-0.15, -0.1) is 5.10 Å². The van der Waals surface area contributed by atoms with E-state index in [0.717, 1.165) is 5.69 Å². The molecule has 2 aromatic rings. The topological polar surface area (TPSA) is 83.1 Å². The number of alkyl halides is 1. The molecule has 0 radical (unpaired) electrons. The Morgan fingerprint density at radius 2 is 2.32 bits per heavy atom. The predicted molar refractivity (Wildman–Crippen MR) is 71.4 cm³/mol. The fourth-order valence-electron chi connectivity index (χ4n) is 1.65. The van der Waals surface area contributed by atoms with E-state index >= 15 is 0 Å². The van der Waals surface area contributed by atoms with Crippen LogP contribution in [0, 0.1) is 10.1 Å². The van der Waals surface area contributed by atoms with Gasteiger partial charge in [-0.1, -0.05) is 21.1 Å². The van der Waals surface area contributed by atoms with E-state index in [1.54, 1.807) is 16.9 Å². The Morgan fingerprint density at radius 1 is 1.53 bits per heavy atom. The second-order valence-electron chi connectivity index (χ2n) is 3.79. The highest BCUT2D eigenvalue weighted by Crippen LogP contribution is 2.24. The number of nitrogens with zero attached hydrogens (tertiary/aromatic N) is 4. The number of nitro benzene ring substituents is 1. The Labute approximate surface area is 117 Å². The Hall–Kier alpha value is -1.96. The van der Waals surface area contributed by atoms with Crippen molar-refractivity contribution in [2.45, 2.75) is 11.9 Å². The van der Waals surface area contributed by atoms with E-state index in [4.69, 9.17) is 4.74 Å². The second kappa shape index (κ2) is 5.79. The van der Waals surface area contributed by atoms with E-state index in [9.17, 15) is 10.1 Å². The number of halogens is 1. The van der Waals surface area contributed by atoms with E-state index in [-0.39, 0.29) is 5.69 Å². The average Bonchev–Trinajstić information content (AvgIpc) is 2.86. The molecule has 7 nitrogen and oxygen atoms in total. The standard InChI is InChI=1S/C11H11BrN4O3/c1-19-11-3-2-10(16(17)18)4-8(11)6-15-7-9(5-12)13-14-15/h2-4,7H,5-6H2,1H3. The number of benzene rings is 1. The molecule has 2 rings (SSSR count). The summed E-state index contributed by atoms with van der Waals surface area (Å²) in [7, 11) is 1.52. The number of rotatable bonds is 5. The van der Waals surface area contributed by atoms with Crippen LogP contribution in [0.4, 0.5) is 5.69 Å². The molecule has 8 heteroatoms. The third kappa shape index (κ3) is 3.08. The van der Waals surface area contributed by atoms with E-state index in [0.29, 0.717) is 23.2 Å². The maximum Gasteiger partial charge on any atom is 0.270 e. The minimum atomic E-state index is -0.436. The van der Waals surface area contributed by atoms with Gasteiger partial charge in [0.1, 0.15) is 5.75 Å². The first-order chi connectivity index (χ1) is 9.13. The van der Waals surface area contributed by atoms with Crippen LogP contribution in [-0.2, 0) is 11.9 Å². The molecule has 0 spiro atoms. The van der Waals surface area contributed by atoms with Gasteiger partial charge in [0.05, 0.1) is 24.3 Å². The number of aromatic nitrogens is 3. The molecule has 0 saturated carbocycles. The van der Waals surface area contributed by atoms with Crippen LogP contribution in [0.25, 0.3) is 0 Å². The van der Waals surface area contributed by atoms with Gasteiger partial charge in [0, 0.05) is 29.2 Å². The van der Waals surface area contributed by atoms with Crippen molar-refractivity contribution in [1.82, 2.24) is 15.0 Å². The molecule has 0 N–H and O–H groups in total. The van der Waals surface area contributed by atoms with E-state index < -0.39 is 4.92 Å². The number of hydrogen-bond acceptors (Lipinski definition) is 5. The molecule has 0 saturated heterocycles. The molecule has 1 aromatic carbocycles. The number of ether oxygens (including phenoxy) is 1. The average molecular weight is 327 g/mol. The van der Waals surface area contributed by atoms with Crippen molar-refractivity contribution in [2.75, 3.05) is 7.11 Å². The van der Waals surface area contributed by atoms with Crippen LogP contribution in [0.2, 0.25) is 0 Å². The minimum Gasteiger partial charge on any atom is -0.496 e. The number of hydrogen-bond donors (Lipinski definition) is 0. The van der Waals surface area contributed by atoms with E-state index in [1.165, 1.54) is 19.2 Å². The summed E-state index contributed by atoms with van der Waals surface area (Å²) < 4.78 is 6.80. The Bertz CT molecular complexity index is 599. The molecule has 0 atom stereocenters. The Balaban J connectivity index is 2.31. The van der Waals surface area contributed by atoms with Crippen molar-refractivity contribution in [2.24, 2.45) is 0 Å². The van der Waals surface area contributed by atoms with Gasteiger partial charge in [0.2, 0.25) is 0 Å². The molecule has 0 bridgehead atoms. The van der Waals surface area contributed by atoms with Crippen molar-refractivity contribution < 1.29 is 9.66 Å². The third-order valence-electron chi connectivity index (χ3n) is 2.53. The van der Waals surface area contributed by atoms with Gasteiger partial charge in [-0.3, -0.25) is 10.1 Å². The van der Waals surface area contributed by atoms with Crippen LogP contribution < -0.4 is 4.74 Å². The van der Waals surface area contributed by atoms with Crippen LogP contribution in [-0.4, -0.2) is 27.0 Å². The van der Waals surface area contributed by atoms with E-state index in [2.05, 4.69) is 26.2 Å². The van der Waals surface area contributed by atoms with Gasteiger partial charge in [-0.25, -0.2) is 4.68 Å². The van der Waals surface area contributed by atoms with Crippen molar-refractivity contribution in [3.05, 3.63) is 45.8 Å². The van der Waals surface area contributed by atoms with Crippen molar-refractivity contribution >= 4 is 21.6 Å². The summed E-state index contributed by atoms with van der Waals surface area (Å²) in [5.41, 5.74) is 1.50. The SMILES string of the molecule is COc1ccc([N+](=O)[O-])cc1Cn1cc(CBr)nn1. The zero-order chi connectivity index (χ0) is 13.8. The first-order valence-corrected chi connectivity index (χ1v) is 6.52. The van der Waals surface area contributed by atoms with E-state index in [1.807, 2.05) is 0 Å². The fourth-order valence-corrected chi connectivity index (χ4v) is 1.91. The quantitative estimate of drug-likeness (QED) is 0.477. The summed E-state index contributed by atoms with van der Waals surface area (Å²) in [4.78, 5) is 10.3. The van der Waals surface area contributed by atoms with Gasteiger partial charge >= 0.3 is 0 Å². The van der Waals surface area contributed by atoms with Crippen LogP contribution in [0.5, 0.6) is 5.75 Å². The first kappa shape index (κ1) is 13.5. The molecule has 19 heavy (non-hydrogen) atoms. The van der Waals surface area contributed by atoms with Crippen LogP contribution in [0.15, 0.2) is 24.4 Å². The molecule has 0 aliphatic carbocycles. The molecule has 0 fully saturated rings. The lowest BCUT2D eigenvalue weighted by atomic mass is 10.2. The predicted octanol–water partition coefficient (Wildman–Crippen LogP) is 2.14. The summed E-state index contributed by atoms with van der Waals surface area (Å²) in [6.07, 6.45) is 1.77. The molecule has 0 unspecified atom stereocenters. The summed E-state index contributed by atoms with van der Waals surface area (Å²) in [5.74, 6) is 0.585. The van der Waals surface area contributed by atoms with Crippen LogP contribution in [0.1, 0.15) is 11.3 Å². The van der Waals surface area contributed by atoms with Gasteiger partial charge < -0.3 is 4.74 Å². The van der Waals surface area contributed by atoms with Crippen LogP contribution in [0.3, 0.4) is 0 Å². The Kier molecular flexibility index (Phi) is 4.10. The second-order valence-corrected chi connectivity index (χ2v) is 4.36. The lowest BCUT2D eigenvalue weighted by molar-refractivity contribution is -0.384. The Morgan fingerprint density at radius 3 is 2.89 bits per heavy atom. The lowest BCUT2D eigenvalue weighted by Crippen LogP contribution is -2.03. The summed E-state index contributed by atoms with van der Waals surface area (Å²) in [6, 6.07) is 4.47. The number of non-ortho nitro benzene ring substituents is 1. The van der Waals surface area contributed by atoms with Gasteiger partial charge in [-0.05, 0) is 6.07 Å². The molecule has 0 aliphatic heterocycles. The maximum absolute atomic E-state index is 10.8. The highest BCUT2D eigenvalue weighted by molar-refractivity contribution is 9.08. The highest BCUT2D eigenvalue weighted by Gasteiger charge is 2.12. The van der Waals surface area contributed by atoms with Gasteiger partial charge in [0.25, 0.3) is 5.69 Å². The first-order valence-electron chi connectivity index (χ1n) is 5.40. The maximum atomic E-state index is 10.8. The van der Waals surface area contributed by atoms with Crippen molar-refractivity contribution in [1.29, 1.82) is 0 Å². The summed E-state index contributed by atoms with van der Waals surface area (Å²) in [6.45, 7) is 0.366. The van der Waals surface area contributed by atoms with Crippen molar-refractivity contribution in [3.63, 3.8) is 0 Å². The summed E-state index contributed by atoms with van der Waals surface area (Å²) >= 11 is 3.29. The number of nitro groups is 1. The molecule has 0 aliphatic rings. The minimum absolute atomic E-state index is 0.0247. The molecule has 1 aromatic heterocycles. The zero-order valence-corrected chi connectivity index (χ0v) is 11.7. The lowest BCUT2D eigenvalue weighted by Gasteiger charge is -2.07. The largest absolute Gasteiger partial charge is 0.496 e. The number of methoxy groups -OCH3 is 1. The molecule has 100 valence electrons. The monoisotopic (exact) mass is 326 g/mol. The van der Waals surface area contributed by atoms with Gasteiger partial charge in [0.15, 0.2) is 0 Å². The highest BCUT2D eigenvalue weighted by atomic mass is 79.9. The molecule has 1 heterocycles. The molecular formula is C11H11BrN4O3. The molecule has 0 amide bonds. The normalized spacial score (nSPS) is 10.4. The smallest absolute Gasteiger partial charge is 0.270 e. The zero-order valence-electron chi connectivity index (χ0n) is 10.1. The van der Waals surface area contributed by atoms with Crippen LogP contribution >= 0.6 is 15.9 Å². The van der Waals surface area contributed by atoms with Gasteiger partial charge in [-0.2, -0.15) is 0 Å². The van der Waals surface area contributed by atoms with Crippen molar-refractivity contribution in [3.8, 4) is 5.75 Å².